The summed E-state index contributed by atoms with van der Waals surface area (Å²) >= 11 is 0. The summed E-state index contributed by atoms with van der Waals surface area (Å²) < 4.78 is 15.4. The van der Waals surface area contributed by atoms with Crippen molar-refractivity contribution in [3.8, 4) is 0 Å². The Balaban J connectivity index is 2.00. The van der Waals surface area contributed by atoms with E-state index in [0.717, 1.165) is 11.3 Å². The van der Waals surface area contributed by atoms with Gasteiger partial charge in [-0.3, -0.25) is 9.59 Å². The van der Waals surface area contributed by atoms with Crippen molar-refractivity contribution < 1.29 is 14.0 Å². The summed E-state index contributed by atoms with van der Waals surface area (Å²) in [4.78, 5) is 26.8. The highest BCUT2D eigenvalue weighted by Crippen LogP contribution is 2.54. The lowest BCUT2D eigenvalue weighted by Crippen LogP contribution is -2.51. The van der Waals surface area contributed by atoms with Gasteiger partial charge in [-0.15, -0.1) is 0 Å². The lowest BCUT2D eigenvalue weighted by Gasteiger charge is -2.47. The topological polar surface area (TPSA) is 74.1 Å². The molecule has 30 heavy (non-hydrogen) atoms. The van der Waals surface area contributed by atoms with E-state index >= 15 is 4.39 Å². The van der Waals surface area contributed by atoms with E-state index in [1.165, 1.54) is 17.9 Å². The molecule has 158 valence electrons. The number of Topliss-reactive ketones (excluding diaryl/α,β-unsaturated/α-hetero) is 1. The van der Waals surface area contributed by atoms with Gasteiger partial charge in [0, 0.05) is 48.5 Å². The minimum atomic E-state index is -0.972. The fourth-order valence-electron chi connectivity index (χ4n) is 5.09. The zero-order chi connectivity index (χ0) is 21.8. The zero-order valence-electron chi connectivity index (χ0n) is 18.0. The Morgan fingerprint density at radius 1 is 1.33 bits per heavy atom. The lowest BCUT2D eigenvalue weighted by molar-refractivity contribution is -0.119. The fraction of sp³-hybridized carbons (Fsp3) is 0.478. The molecule has 2 atom stereocenters. The molecule has 1 amide bonds. The summed E-state index contributed by atoms with van der Waals surface area (Å²) in [5.74, 6) is -0.538. The summed E-state index contributed by atoms with van der Waals surface area (Å²) in [5.41, 5.74) is 2.03. The number of fused-ring (bicyclic) bond motifs is 1. The van der Waals surface area contributed by atoms with Gasteiger partial charge in [0.2, 0.25) is 5.91 Å². The number of nitrogens with one attached hydrogen (secondary N) is 1. The Morgan fingerprint density at radius 2 is 2.07 bits per heavy atom. The summed E-state index contributed by atoms with van der Waals surface area (Å²) in [6.45, 7) is 7.55. The first-order valence-electron chi connectivity index (χ1n) is 10.3. The number of hydrogen-bond donors (Lipinski definition) is 1. The van der Waals surface area contributed by atoms with E-state index in [2.05, 4.69) is 29.4 Å². The highest BCUT2D eigenvalue weighted by atomic mass is 19.1. The van der Waals surface area contributed by atoms with E-state index in [1.807, 2.05) is 6.92 Å². The SMILES string of the molecule is CC[C@]1(c2cc(N(C)C(C)=O)ccc2F)C2=CN=NC2NC2=C1C(=O)CC(C)(C)C2. The van der Waals surface area contributed by atoms with Crippen molar-refractivity contribution in [3.63, 3.8) is 0 Å². The predicted molar refractivity (Wildman–Crippen MR) is 112 cm³/mol. The minimum absolute atomic E-state index is 0.0200. The molecule has 3 aliphatic rings. The van der Waals surface area contributed by atoms with Crippen LogP contribution in [0.2, 0.25) is 0 Å². The number of rotatable bonds is 3. The average molecular weight is 410 g/mol. The second-order valence-electron chi connectivity index (χ2n) is 9.16. The third-order valence-corrected chi connectivity index (χ3v) is 6.58. The Kier molecular flexibility index (Phi) is 4.67. The standard InChI is InChI=1S/C23H27FN4O2/c1-6-23(15-9-14(7-8-17(15)24)28(5)13(2)29)16-12-25-27-21(16)26-18-10-22(3,4)11-19(30)20(18)23/h7-9,12,21,26H,6,10-11H2,1-5H3/t21?,23-/m0/s1. The monoisotopic (exact) mass is 410 g/mol. The van der Waals surface area contributed by atoms with Crippen LogP contribution in [0, 0.1) is 11.2 Å². The maximum absolute atomic E-state index is 15.4. The molecule has 1 N–H and O–H groups in total. The summed E-state index contributed by atoms with van der Waals surface area (Å²) in [6.07, 6.45) is 2.80. The van der Waals surface area contributed by atoms with E-state index in [4.69, 9.17) is 0 Å². The molecule has 4 rings (SSSR count). The Hall–Kier alpha value is -2.83. The molecule has 1 unspecified atom stereocenters. The number of benzene rings is 1. The van der Waals surface area contributed by atoms with Crippen LogP contribution in [0.25, 0.3) is 0 Å². The number of carbonyl (C=O) groups is 2. The van der Waals surface area contributed by atoms with Gasteiger partial charge in [0.1, 0.15) is 5.82 Å². The van der Waals surface area contributed by atoms with E-state index in [-0.39, 0.29) is 17.1 Å². The van der Waals surface area contributed by atoms with Gasteiger partial charge >= 0.3 is 0 Å². The fourth-order valence-corrected chi connectivity index (χ4v) is 5.09. The molecular formula is C23H27FN4O2. The van der Waals surface area contributed by atoms with Gasteiger partial charge in [0.15, 0.2) is 11.9 Å². The van der Waals surface area contributed by atoms with Crippen molar-refractivity contribution >= 4 is 17.4 Å². The number of allylic oxidation sites excluding steroid dienone is 2. The van der Waals surface area contributed by atoms with Crippen LogP contribution in [0.4, 0.5) is 10.1 Å². The number of halogens is 1. The van der Waals surface area contributed by atoms with Gasteiger partial charge in [-0.05, 0) is 36.5 Å². The molecule has 6 nitrogen and oxygen atoms in total. The number of nitrogens with zero attached hydrogens (tertiary/aromatic N) is 3. The molecule has 0 bridgehead atoms. The summed E-state index contributed by atoms with van der Waals surface area (Å²) in [7, 11) is 1.65. The Labute approximate surface area is 175 Å². The maximum Gasteiger partial charge on any atom is 0.223 e. The molecule has 0 spiro atoms. The molecule has 1 aromatic rings. The third kappa shape index (κ3) is 2.90. The van der Waals surface area contributed by atoms with Gasteiger partial charge < -0.3 is 10.2 Å². The number of anilines is 1. The third-order valence-electron chi connectivity index (χ3n) is 6.58. The number of amides is 1. The van der Waals surface area contributed by atoms with Gasteiger partial charge in [0.05, 0.1) is 11.6 Å². The highest BCUT2D eigenvalue weighted by Gasteiger charge is 2.54. The van der Waals surface area contributed by atoms with Crippen LogP contribution in [-0.4, -0.2) is 24.9 Å². The molecule has 0 aromatic heterocycles. The second-order valence-corrected chi connectivity index (χ2v) is 9.16. The van der Waals surface area contributed by atoms with Crippen LogP contribution in [0.1, 0.15) is 52.5 Å². The molecule has 7 heteroatoms. The zero-order valence-corrected chi connectivity index (χ0v) is 18.0. The van der Waals surface area contributed by atoms with Crippen LogP contribution < -0.4 is 10.2 Å². The summed E-state index contributed by atoms with van der Waals surface area (Å²) in [5, 5.41) is 11.8. The van der Waals surface area contributed by atoms with Gasteiger partial charge in [-0.1, -0.05) is 20.8 Å². The van der Waals surface area contributed by atoms with E-state index < -0.39 is 17.4 Å². The van der Waals surface area contributed by atoms with E-state index in [0.29, 0.717) is 36.1 Å². The molecule has 0 radical (unpaired) electrons. The minimum Gasteiger partial charge on any atom is -0.362 e. The first-order chi connectivity index (χ1) is 14.1. The number of hydrogen-bond acceptors (Lipinski definition) is 5. The molecule has 1 aliphatic carbocycles. The largest absolute Gasteiger partial charge is 0.362 e. The number of ketones is 1. The molecule has 0 saturated carbocycles. The molecular weight excluding hydrogens is 383 g/mol. The molecule has 2 aliphatic heterocycles. The van der Waals surface area contributed by atoms with E-state index in [9.17, 15) is 9.59 Å². The first-order valence-corrected chi connectivity index (χ1v) is 10.3. The van der Waals surface area contributed by atoms with Crippen LogP contribution in [-0.2, 0) is 15.0 Å². The molecule has 0 saturated heterocycles. The highest BCUT2D eigenvalue weighted by molar-refractivity contribution is 6.01. The smallest absolute Gasteiger partial charge is 0.223 e. The number of carbonyl (C=O) groups excluding carboxylic acids is 2. The first kappa shape index (κ1) is 20.4. The van der Waals surface area contributed by atoms with Crippen LogP contribution in [0.3, 0.4) is 0 Å². The van der Waals surface area contributed by atoms with Crippen LogP contribution >= 0.6 is 0 Å². The Morgan fingerprint density at radius 3 is 2.73 bits per heavy atom. The van der Waals surface area contributed by atoms with Gasteiger partial charge in [-0.2, -0.15) is 10.2 Å². The van der Waals surface area contributed by atoms with Crippen molar-refractivity contribution in [3.05, 3.63) is 52.6 Å². The average Bonchev–Trinajstić information content (AvgIpc) is 3.14. The number of azo groups is 1. The quantitative estimate of drug-likeness (QED) is 0.804. The van der Waals surface area contributed by atoms with Crippen molar-refractivity contribution in [1.29, 1.82) is 0 Å². The maximum atomic E-state index is 15.4. The van der Waals surface area contributed by atoms with Gasteiger partial charge in [0.25, 0.3) is 0 Å². The Bertz CT molecular complexity index is 1040. The van der Waals surface area contributed by atoms with Crippen molar-refractivity contribution in [1.82, 2.24) is 5.32 Å². The van der Waals surface area contributed by atoms with Crippen molar-refractivity contribution in [2.75, 3.05) is 11.9 Å². The summed E-state index contributed by atoms with van der Waals surface area (Å²) in [6, 6.07) is 4.65. The lowest BCUT2D eigenvalue weighted by atomic mass is 9.58. The van der Waals surface area contributed by atoms with Crippen molar-refractivity contribution in [2.24, 2.45) is 15.6 Å². The van der Waals surface area contributed by atoms with Crippen LogP contribution in [0.5, 0.6) is 0 Å². The second kappa shape index (κ2) is 6.86. The van der Waals surface area contributed by atoms with Crippen LogP contribution in [0.15, 0.2) is 51.5 Å². The van der Waals surface area contributed by atoms with E-state index in [1.54, 1.807) is 25.4 Å². The normalized spacial score (nSPS) is 26.7. The molecule has 2 heterocycles. The van der Waals surface area contributed by atoms with Gasteiger partial charge in [-0.25, -0.2) is 4.39 Å². The molecule has 1 aromatic carbocycles. The van der Waals surface area contributed by atoms with Crippen molar-refractivity contribution in [2.45, 2.75) is 58.5 Å². The molecule has 0 fully saturated rings. The predicted octanol–water partition coefficient (Wildman–Crippen LogP) is 4.38.